The van der Waals surface area contributed by atoms with E-state index in [1.54, 1.807) is 6.07 Å². The molecule has 0 saturated heterocycles. The molecule has 6 heteroatoms. The van der Waals surface area contributed by atoms with Crippen molar-refractivity contribution >= 4 is 35.1 Å². The number of hydrogen-bond acceptors (Lipinski definition) is 3. The van der Waals surface area contributed by atoms with E-state index >= 15 is 0 Å². The lowest BCUT2D eigenvalue weighted by atomic mass is 10.2. The van der Waals surface area contributed by atoms with Gasteiger partial charge >= 0.3 is 0 Å². The summed E-state index contributed by atoms with van der Waals surface area (Å²) in [5, 5.41) is 1.07. The van der Waals surface area contributed by atoms with Crippen LogP contribution in [0.2, 0.25) is 10.0 Å². The molecule has 2 heterocycles. The lowest BCUT2D eigenvalue weighted by Crippen LogP contribution is -2.00. The average Bonchev–Trinajstić information content (AvgIpc) is 3.20. The number of fused-ring (bicyclic) bond motifs is 1. The first-order chi connectivity index (χ1) is 12.5. The molecule has 0 fully saturated rings. The van der Waals surface area contributed by atoms with Gasteiger partial charge in [0.15, 0.2) is 11.5 Å². The fourth-order valence-electron chi connectivity index (χ4n) is 3.06. The lowest BCUT2D eigenvalue weighted by molar-refractivity contribution is 0.174. The van der Waals surface area contributed by atoms with E-state index in [0.717, 1.165) is 39.8 Å². The number of ether oxygens (including phenoxy) is 2. The summed E-state index contributed by atoms with van der Waals surface area (Å²) in [6, 6.07) is 13.3. The summed E-state index contributed by atoms with van der Waals surface area (Å²) >= 11 is 12.6. The van der Waals surface area contributed by atoms with Crippen molar-refractivity contribution in [3.05, 3.63) is 69.5 Å². The highest BCUT2D eigenvalue weighted by atomic mass is 35.5. The number of hydrogen-bond donors (Lipinski definition) is 0. The van der Waals surface area contributed by atoms with Gasteiger partial charge in [-0.05, 0) is 44.2 Å². The third-order valence-corrected chi connectivity index (χ3v) is 5.16. The molecule has 3 aromatic rings. The second kappa shape index (κ2) is 6.71. The molecule has 1 aliphatic rings. The molecule has 0 atom stereocenters. The fraction of sp³-hybridized carbons (Fsp3) is 0.150. The molecule has 0 N–H and O–H groups in total. The minimum Gasteiger partial charge on any atom is -0.454 e. The van der Waals surface area contributed by atoms with E-state index in [1.165, 1.54) is 0 Å². The highest BCUT2D eigenvalue weighted by molar-refractivity contribution is 6.43. The van der Waals surface area contributed by atoms with Crippen LogP contribution in [0.25, 0.3) is 5.69 Å². The Morgan fingerprint density at radius 3 is 2.69 bits per heavy atom. The maximum atomic E-state index is 6.40. The highest BCUT2D eigenvalue weighted by Crippen LogP contribution is 2.35. The van der Waals surface area contributed by atoms with Crippen molar-refractivity contribution in [1.29, 1.82) is 0 Å². The van der Waals surface area contributed by atoms with Gasteiger partial charge in [0.2, 0.25) is 6.79 Å². The summed E-state index contributed by atoms with van der Waals surface area (Å²) in [5.41, 5.74) is 4.77. The van der Waals surface area contributed by atoms with E-state index < -0.39 is 0 Å². The van der Waals surface area contributed by atoms with E-state index in [2.05, 4.69) is 15.6 Å². The third-order valence-electron chi connectivity index (χ3n) is 4.35. The normalized spacial score (nSPS) is 12.9. The molecular formula is C20H16Cl2N2O2. The number of benzene rings is 2. The zero-order valence-electron chi connectivity index (χ0n) is 14.3. The first kappa shape index (κ1) is 17.0. The highest BCUT2D eigenvalue weighted by Gasteiger charge is 2.15. The van der Waals surface area contributed by atoms with Crippen LogP contribution in [-0.2, 0) is 0 Å². The van der Waals surface area contributed by atoms with Gasteiger partial charge in [0.25, 0.3) is 0 Å². The topological polar surface area (TPSA) is 35.8 Å². The van der Waals surface area contributed by atoms with Crippen LogP contribution < -0.4 is 9.47 Å². The van der Waals surface area contributed by atoms with E-state index in [-0.39, 0.29) is 6.79 Å². The van der Waals surface area contributed by atoms with E-state index in [0.29, 0.717) is 10.0 Å². The predicted octanol–water partition coefficient (Wildman–Crippen LogP) is 5.88. The molecular weight excluding hydrogens is 371 g/mol. The minimum atomic E-state index is 0.254. The molecule has 0 bridgehead atoms. The van der Waals surface area contributed by atoms with Crippen LogP contribution in [0.5, 0.6) is 11.5 Å². The van der Waals surface area contributed by atoms with Gasteiger partial charge < -0.3 is 14.0 Å². The Labute approximate surface area is 161 Å². The fourth-order valence-corrected chi connectivity index (χ4v) is 3.44. The Kier molecular flexibility index (Phi) is 4.39. The van der Waals surface area contributed by atoms with Crippen LogP contribution in [-0.4, -0.2) is 17.6 Å². The molecule has 0 saturated carbocycles. The van der Waals surface area contributed by atoms with E-state index in [1.807, 2.05) is 50.4 Å². The van der Waals surface area contributed by atoms with Crippen LogP contribution in [0.1, 0.15) is 17.0 Å². The van der Waals surface area contributed by atoms with Crippen molar-refractivity contribution < 1.29 is 9.47 Å². The van der Waals surface area contributed by atoms with Gasteiger partial charge in [0, 0.05) is 29.2 Å². The van der Waals surface area contributed by atoms with Crippen molar-refractivity contribution in [2.45, 2.75) is 13.8 Å². The number of aromatic nitrogens is 1. The van der Waals surface area contributed by atoms with Gasteiger partial charge in [0.1, 0.15) is 0 Å². The SMILES string of the molecule is Cc1cc(C=Nc2ccc3c(c2)OCO3)c(C)n1-c1cccc(Cl)c1Cl. The second-order valence-electron chi connectivity index (χ2n) is 6.03. The molecule has 1 aromatic heterocycles. The molecule has 0 unspecified atom stereocenters. The molecule has 0 amide bonds. The lowest BCUT2D eigenvalue weighted by Gasteiger charge is -2.12. The van der Waals surface area contributed by atoms with Gasteiger partial charge in [-0.1, -0.05) is 29.3 Å². The monoisotopic (exact) mass is 386 g/mol. The standard InChI is InChI=1S/C20H16Cl2N2O2/c1-12-8-14(10-23-15-6-7-18-19(9-15)26-11-25-18)13(2)24(12)17-5-3-4-16(21)20(17)22/h3-10H,11H2,1-2H3. The zero-order valence-corrected chi connectivity index (χ0v) is 15.8. The molecule has 0 radical (unpaired) electrons. The number of halogens is 2. The molecule has 0 aliphatic carbocycles. The van der Waals surface area contributed by atoms with Crippen LogP contribution >= 0.6 is 23.2 Å². The number of aryl methyl sites for hydroxylation is 1. The zero-order chi connectivity index (χ0) is 18.3. The first-order valence-electron chi connectivity index (χ1n) is 8.11. The molecule has 0 spiro atoms. The van der Waals surface area contributed by atoms with Crippen molar-refractivity contribution in [2.24, 2.45) is 4.99 Å². The Morgan fingerprint density at radius 2 is 1.85 bits per heavy atom. The third kappa shape index (κ3) is 2.96. The maximum absolute atomic E-state index is 6.40. The van der Waals surface area contributed by atoms with E-state index in [9.17, 15) is 0 Å². The predicted molar refractivity (Wildman–Crippen MR) is 105 cm³/mol. The molecule has 2 aromatic carbocycles. The van der Waals surface area contributed by atoms with Crippen molar-refractivity contribution in [3.63, 3.8) is 0 Å². The summed E-state index contributed by atoms with van der Waals surface area (Å²) < 4.78 is 12.8. The summed E-state index contributed by atoms with van der Waals surface area (Å²) in [6.07, 6.45) is 1.84. The Balaban J connectivity index is 1.69. The number of rotatable bonds is 3. The van der Waals surface area contributed by atoms with Crippen LogP contribution in [0, 0.1) is 13.8 Å². The van der Waals surface area contributed by atoms with Crippen LogP contribution in [0.3, 0.4) is 0 Å². The van der Waals surface area contributed by atoms with Gasteiger partial charge in [-0.15, -0.1) is 0 Å². The summed E-state index contributed by atoms with van der Waals surface area (Å²) in [4.78, 5) is 4.57. The van der Waals surface area contributed by atoms with E-state index in [4.69, 9.17) is 32.7 Å². The molecule has 132 valence electrons. The summed E-state index contributed by atoms with van der Waals surface area (Å²) in [6.45, 7) is 4.32. The smallest absolute Gasteiger partial charge is 0.231 e. The van der Waals surface area contributed by atoms with Crippen molar-refractivity contribution in [2.75, 3.05) is 6.79 Å². The summed E-state index contributed by atoms with van der Waals surface area (Å²) in [7, 11) is 0. The maximum Gasteiger partial charge on any atom is 0.231 e. The molecule has 1 aliphatic heterocycles. The molecule has 4 rings (SSSR count). The summed E-state index contributed by atoms with van der Waals surface area (Å²) in [5.74, 6) is 1.47. The van der Waals surface area contributed by atoms with Crippen LogP contribution in [0.15, 0.2) is 47.5 Å². The Morgan fingerprint density at radius 1 is 1.04 bits per heavy atom. The van der Waals surface area contributed by atoms with Crippen molar-refractivity contribution in [3.8, 4) is 17.2 Å². The quantitative estimate of drug-likeness (QED) is 0.526. The molecule has 4 nitrogen and oxygen atoms in total. The van der Waals surface area contributed by atoms with Gasteiger partial charge in [-0.2, -0.15) is 0 Å². The van der Waals surface area contributed by atoms with Gasteiger partial charge in [-0.25, -0.2) is 0 Å². The first-order valence-corrected chi connectivity index (χ1v) is 8.87. The number of aliphatic imine (C=N–C) groups is 1. The average molecular weight is 387 g/mol. The Hall–Kier alpha value is -2.43. The minimum absolute atomic E-state index is 0.254. The second-order valence-corrected chi connectivity index (χ2v) is 6.82. The molecule has 26 heavy (non-hydrogen) atoms. The van der Waals surface area contributed by atoms with Crippen LogP contribution in [0.4, 0.5) is 5.69 Å². The largest absolute Gasteiger partial charge is 0.454 e. The van der Waals surface area contributed by atoms with Gasteiger partial charge in [-0.3, -0.25) is 4.99 Å². The Bertz CT molecular complexity index is 1020. The number of nitrogens with zero attached hydrogens (tertiary/aromatic N) is 2. The van der Waals surface area contributed by atoms with Gasteiger partial charge in [0.05, 0.1) is 21.4 Å². The van der Waals surface area contributed by atoms with Crippen molar-refractivity contribution in [1.82, 2.24) is 4.57 Å².